The molecule has 1 aromatic heterocycles. The lowest BCUT2D eigenvalue weighted by Crippen LogP contribution is -2.52. The zero-order valence-electron chi connectivity index (χ0n) is 15.0. The molecule has 0 spiro atoms. The lowest BCUT2D eigenvalue weighted by atomic mass is 9.92. The van der Waals surface area contributed by atoms with Crippen molar-refractivity contribution in [3.05, 3.63) is 53.1 Å². The summed E-state index contributed by atoms with van der Waals surface area (Å²) >= 11 is 0. The van der Waals surface area contributed by atoms with Crippen molar-refractivity contribution >= 4 is 0 Å². The molecule has 5 atom stereocenters. The van der Waals surface area contributed by atoms with Crippen LogP contribution in [0.15, 0.2) is 30.5 Å². The highest BCUT2D eigenvalue weighted by Gasteiger charge is 2.43. The third-order valence-electron chi connectivity index (χ3n) is 5.96. The highest BCUT2D eigenvalue weighted by atomic mass is 19.1. The second kappa shape index (κ2) is 7.37. The Hall–Kier alpha value is -2.30. The van der Waals surface area contributed by atoms with Crippen LogP contribution in [-0.2, 0) is 0 Å². The molecule has 2 aromatic rings. The van der Waals surface area contributed by atoms with Gasteiger partial charge in [0.25, 0.3) is 0 Å². The highest BCUT2D eigenvalue weighted by molar-refractivity contribution is 5.36. The number of aromatic amines is 1. The zero-order chi connectivity index (χ0) is 19.0. The number of benzene rings is 1. The van der Waals surface area contributed by atoms with Gasteiger partial charge in [-0.05, 0) is 42.9 Å². The summed E-state index contributed by atoms with van der Waals surface area (Å²) < 4.78 is 27.5. The Bertz CT molecular complexity index is 818. The molecular weight excluding hydrogens is 348 g/mol. The predicted molar refractivity (Wildman–Crippen MR) is 97.3 cm³/mol. The van der Waals surface area contributed by atoms with Crippen molar-refractivity contribution in [3.63, 3.8) is 0 Å². The summed E-state index contributed by atoms with van der Waals surface area (Å²) in [6.07, 6.45) is 2.62. The van der Waals surface area contributed by atoms with Crippen molar-refractivity contribution in [2.45, 2.75) is 49.4 Å². The lowest BCUT2D eigenvalue weighted by molar-refractivity contribution is 0.0804. The zero-order valence-corrected chi connectivity index (χ0v) is 15.0. The maximum Gasteiger partial charge on any atom is 0.123 e. The van der Waals surface area contributed by atoms with Crippen LogP contribution in [0.2, 0.25) is 0 Å². The fourth-order valence-electron chi connectivity index (χ4n) is 4.78. The molecule has 7 heteroatoms. The molecule has 2 fully saturated rings. The number of likely N-dealkylation sites (tertiary alicyclic amines) is 1. The third kappa shape index (κ3) is 3.60. The van der Waals surface area contributed by atoms with Crippen molar-refractivity contribution in [2.75, 3.05) is 13.1 Å². The Balaban J connectivity index is 1.65. The summed E-state index contributed by atoms with van der Waals surface area (Å²) in [5.74, 6) is -0.00573. The first kappa shape index (κ1) is 18.1. The standard InChI is InChI=1S/C20H23F2N5/c21-15-3-1-12(2-4-15)13-5-18(20-14(8-23)9-25-26-20)19(6-13)27-10-16(22)7-17(24)11-27/h1-4,9,13,16-19H,5-7,10-11,24H2,(H,25,26). The number of alkyl halides is 1. The number of aromatic nitrogens is 2. The maximum absolute atomic E-state index is 14.2. The predicted octanol–water partition coefficient (Wildman–Crippen LogP) is 2.82. The van der Waals surface area contributed by atoms with Gasteiger partial charge in [-0.3, -0.25) is 10.00 Å². The number of H-pyrrole nitrogens is 1. The summed E-state index contributed by atoms with van der Waals surface area (Å²) in [5.41, 5.74) is 8.48. The van der Waals surface area contributed by atoms with Gasteiger partial charge in [-0.15, -0.1) is 0 Å². The maximum atomic E-state index is 14.2. The van der Waals surface area contributed by atoms with Crippen LogP contribution in [0.1, 0.15) is 47.9 Å². The Morgan fingerprint density at radius 3 is 2.67 bits per heavy atom. The summed E-state index contributed by atoms with van der Waals surface area (Å²) in [5, 5.41) is 16.4. The Morgan fingerprint density at radius 2 is 1.96 bits per heavy atom. The minimum Gasteiger partial charge on any atom is -0.326 e. The number of hydrogen-bond acceptors (Lipinski definition) is 4. The van der Waals surface area contributed by atoms with Crippen LogP contribution in [0.25, 0.3) is 0 Å². The smallest absolute Gasteiger partial charge is 0.123 e. The normalized spacial score (nSPS) is 31.7. The quantitative estimate of drug-likeness (QED) is 0.869. The molecule has 27 heavy (non-hydrogen) atoms. The SMILES string of the molecule is N#Cc1cn[nH]c1C1CC(c2ccc(F)cc2)CC1N1CC(N)CC(F)C1. The molecule has 0 radical (unpaired) electrons. The molecule has 1 saturated heterocycles. The van der Waals surface area contributed by atoms with Gasteiger partial charge in [0, 0.05) is 31.1 Å². The van der Waals surface area contributed by atoms with Gasteiger partial charge >= 0.3 is 0 Å². The molecule has 1 saturated carbocycles. The third-order valence-corrected chi connectivity index (χ3v) is 5.96. The van der Waals surface area contributed by atoms with E-state index in [0.29, 0.717) is 25.1 Å². The van der Waals surface area contributed by atoms with Gasteiger partial charge in [0.15, 0.2) is 0 Å². The van der Waals surface area contributed by atoms with E-state index in [9.17, 15) is 14.0 Å². The summed E-state index contributed by atoms with van der Waals surface area (Å²) in [4.78, 5) is 2.13. The van der Waals surface area contributed by atoms with Gasteiger partial charge < -0.3 is 5.73 Å². The molecular formula is C20H23F2N5. The van der Waals surface area contributed by atoms with E-state index in [-0.39, 0.29) is 29.7 Å². The number of hydrogen-bond donors (Lipinski definition) is 2. The fourth-order valence-corrected chi connectivity index (χ4v) is 4.78. The van der Waals surface area contributed by atoms with E-state index >= 15 is 0 Å². The second-order valence-electron chi connectivity index (χ2n) is 7.75. The van der Waals surface area contributed by atoms with E-state index in [1.807, 2.05) is 12.1 Å². The molecule has 1 aliphatic carbocycles. The van der Waals surface area contributed by atoms with Gasteiger partial charge in [0.05, 0.1) is 17.5 Å². The van der Waals surface area contributed by atoms with Gasteiger partial charge in [-0.2, -0.15) is 10.4 Å². The molecule has 4 rings (SSSR count). The molecule has 0 bridgehead atoms. The van der Waals surface area contributed by atoms with E-state index in [2.05, 4.69) is 21.2 Å². The topological polar surface area (TPSA) is 81.7 Å². The Morgan fingerprint density at radius 1 is 1.19 bits per heavy atom. The summed E-state index contributed by atoms with van der Waals surface area (Å²) in [6, 6.07) is 8.66. The van der Waals surface area contributed by atoms with Gasteiger partial charge in [0.2, 0.25) is 0 Å². The van der Waals surface area contributed by atoms with Gasteiger partial charge in [-0.25, -0.2) is 8.78 Å². The van der Waals surface area contributed by atoms with Gasteiger partial charge in [0.1, 0.15) is 18.1 Å². The molecule has 1 aromatic carbocycles. The number of piperidine rings is 1. The van der Waals surface area contributed by atoms with E-state index in [1.54, 1.807) is 0 Å². The van der Waals surface area contributed by atoms with E-state index in [1.165, 1.54) is 18.3 Å². The van der Waals surface area contributed by atoms with E-state index < -0.39 is 6.17 Å². The van der Waals surface area contributed by atoms with Crippen molar-refractivity contribution < 1.29 is 8.78 Å². The Labute approximate surface area is 157 Å². The van der Waals surface area contributed by atoms with Crippen LogP contribution >= 0.6 is 0 Å². The van der Waals surface area contributed by atoms with Gasteiger partial charge in [-0.1, -0.05) is 12.1 Å². The van der Waals surface area contributed by atoms with Crippen LogP contribution in [0.4, 0.5) is 8.78 Å². The molecule has 1 aliphatic heterocycles. The highest BCUT2D eigenvalue weighted by Crippen LogP contribution is 2.46. The average Bonchev–Trinajstić information content (AvgIpc) is 3.28. The van der Waals surface area contributed by atoms with Crippen LogP contribution in [0, 0.1) is 17.1 Å². The average molecular weight is 371 g/mol. The van der Waals surface area contributed by atoms with Crippen LogP contribution in [0.3, 0.4) is 0 Å². The molecule has 3 N–H and O–H groups in total. The number of halogens is 2. The van der Waals surface area contributed by atoms with E-state index in [0.717, 1.165) is 24.1 Å². The molecule has 5 nitrogen and oxygen atoms in total. The minimum absolute atomic E-state index is 0.0368. The number of nitrogens with zero attached hydrogens (tertiary/aromatic N) is 3. The molecule has 5 unspecified atom stereocenters. The van der Waals surface area contributed by atoms with Crippen molar-refractivity contribution in [1.29, 1.82) is 5.26 Å². The van der Waals surface area contributed by atoms with Crippen molar-refractivity contribution in [3.8, 4) is 6.07 Å². The van der Waals surface area contributed by atoms with E-state index in [4.69, 9.17) is 5.73 Å². The lowest BCUT2D eigenvalue weighted by Gasteiger charge is -2.39. The number of nitrogens with two attached hydrogens (primary N) is 1. The first-order valence-corrected chi connectivity index (χ1v) is 9.37. The van der Waals surface area contributed by atoms with Crippen LogP contribution in [0.5, 0.6) is 0 Å². The molecule has 2 aliphatic rings. The largest absolute Gasteiger partial charge is 0.326 e. The van der Waals surface area contributed by atoms with Crippen LogP contribution < -0.4 is 5.73 Å². The second-order valence-corrected chi connectivity index (χ2v) is 7.75. The molecule has 0 amide bonds. The first-order chi connectivity index (χ1) is 13.0. The molecule has 2 heterocycles. The van der Waals surface area contributed by atoms with Crippen molar-refractivity contribution in [2.24, 2.45) is 5.73 Å². The summed E-state index contributed by atoms with van der Waals surface area (Å²) in [6.45, 7) is 1.01. The number of nitriles is 1. The number of nitrogens with one attached hydrogen (secondary N) is 1. The number of rotatable bonds is 3. The van der Waals surface area contributed by atoms with Crippen molar-refractivity contribution in [1.82, 2.24) is 15.1 Å². The first-order valence-electron chi connectivity index (χ1n) is 9.37. The fraction of sp³-hybridized carbons (Fsp3) is 0.500. The monoisotopic (exact) mass is 371 g/mol. The summed E-state index contributed by atoms with van der Waals surface area (Å²) in [7, 11) is 0. The Kier molecular flexibility index (Phi) is 4.94. The minimum atomic E-state index is -0.934. The van der Waals surface area contributed by atoms with Crippen LogP contribution in [-0.4, -0.2) is 46.4 Å². The molecule has 142 valence electrons.